The Balaban J connectivity index is 2.11. The second-order valence-corrected chi connectivity index (χ2v) is 3.44. The zero-order valence-corrected chi connectivity index (χ0v) is 9.49. The highest BCUT2D eigenvalue weighted by Gasteiger charge is 1.98. The van der Waals surface area contributed by atoms with Crippen LogP contribution in [-0.4, -0.2) is 25.1 Å². The molecule has 1 aromatic carbocycles. The van der Waals surface area contributed by atoms with Gasteiger partial charge < -0.3 is 21.7 Å². The first kappa shape index (κ1) is 12.8. The lowest BCUT2D eigenvalue weighted by Gasteiger charge is -2.08. The summed E-state index contributed by atoms with van der Waals surface area (Å²) >= 11 is 0. The summed E-state index contributed by atoms with van der Waals surface area (Å²) in [7, 11) is 0. The molecule has 0 aliphatic carbocycles. The summed E-state index contributed by atoms with van der Waals surface area (Å²) in [6.45, 7) is 1.35. The number of guanidine groups is 1. The summed E-state index contributed by atoms with van der Waals surface area (Å²) < 4.78 is 0. The van der Waals surface area contributed by atoms with Crippen molar-refractivity contribution in [2.75, 3.05) is 13.1 Å². The summed E-state index contributed by atoms with van der Waals surface area (Å²) in [5.74, 6) is -0.100. The molecule has 0 saturated carbocycles. The lowest BCUT2D eigenvalue weighted by atomic mass is 10.2. The quantitative estimate of drug-likeness (QED) is 0.281. The van der Waals surface area contributed by atoms with Crippen LogP contribution < -0.4 is 21.7 Å². The van der Waals surface area contributed by atoms with Gasteiger partial charge in [0.05, 0.1) is 0 Å². The Labute approximate surface area is 100 Å². The zero-order valence-electron chi connectivity index (χ0n) is 9.49. The van der Waals surface area contributed by atoms with Crippen LogP contribution in [0.1, 0.15) is 5.56 Å². The third-order valence-electron chi connectivity index (χ3n) is 2.02. The van der Waals surface area contributed by atoms with Crippen LogP contribution in [0.2, 0.25) is 0 Å². The molecule has 1 rings (SSSR count). The Morgan fingerprint density at radius 1 is 1.12 bits per heavy atom. The average molecular weight is 235 g/mol. The summed E-state index contributed by atoms with van der Waals surface area (Å²) in [5.41, 5.74) is 6.13. The maximum absolute atomic E-state index is 11.3. The molecule has 6 heteroatoms. The lowest BCUT2D eigenvalue weighted by Crippen LogP contribution is -2.41. The molecule has 0 unspecified atom stereocenters. The Morgan fingerprint density at radius 3 is 2.41 bits per heavy atom. The summed E-state index contributed by atoms with van der Waals surface area (Å²) in [6.07, 6.45) is 0. The van der Waals surface area contributed by atoms with Gasteiger partial charge in [0.15, 0.2) is 5.96 Å². The molecule has 0 spiro atoms. The van der Waals surface area contributed by atoms with Crippen LogP contribution in [0.5, 0.6) is 0 Å². The first-order valence-electron chi connectivity index (χ1n) is 5.32. The number of nitrogens with one attached hydrogen (secondary N) is 4. The van der Waals surface area contributed by atoms with Gasteiger partial charge in [-0.25, -0.2) is 4.79 Å². The van der Waals surface area contributed by atoms with Crippen LogP contribution in [0.3, 0.4) is 0 Å². The fraction of sp³-hybridized carbons (Fsp3) is 0.273. The molecule has 92 valence electrons. The van der Waals surface area contributed by atoms with E-state index < -0.39 is 0 Å². The predicted octanol–water partition coefficient (Wildman–Crippen LogP) is -0.0311. The third kappa shape index (κ3) is 6.03. The van der Waals surface area contributed by atoms with Gasteiger partial charge in [-0.3, -0.25) is 5.41 Å². The van der Waals surface area contributed by atoms with E-state index in [-0.39, 0.29) is 12.0 Å². The number of nitrogens with two attached hydrogens (primary N) is 1. The number of benzene rings is 1. The molecule has 0 atom stereocenters. The van der Waals surface area contributed by atoms with Crippen molar-refractivity contribution in [3.05, 3.63) is 35.9 Å². The van der Waals surface area contributed by atoms with Crippen molar-refractivity contribution in [1.82, 2.24) is 16.0 Å². The van der Waals surface area contributed by atoms with Crippen molar-refractivity contribution >= 4 is 12.0 Å². The number of hydrogen-bond acceptors (Lipinski definition) is 2. The van der Waals surface area contributed by atoms with Crippen LogP contribution in [0.25, 0.3) is 0 Å². The molecule has 0 saturated heterocycles. The van der Waals surface area contributed by atoms with E-state index in [0.717, 1.165) is 5.56 Å². The van der Waals surface area contributed by atoms with Crippen molar-refractivity contribution in [2.45, 2.75) is 6.54 Å². The minimum Gasteiger partial charge on any atom is -0.370 e. The minimum atomic E-state index is -0.237. The Morgan fingerprint density at radius 2 is 1.76 bits per heavy atom. The van der Waals surface area contributed by atoms with Crippen LogP contribution in [0.4, 0.5) is 4.79 Å². The van der Waals surface area contributed by atoms with Gasteiger partial charge in [-0.1, -0.05) is 30.3 Å². The molecule has 17 heavy (non-hydrogen) atoms. The van der Waals surface area contributed by atoms with Crippen molar-refractivity contribution < 1.29 is 4.79 Å². The van der Waals surface area contributed by atoms with E-state index in [9.17, 15) is 4.79 Å². The highest BCUT2D eigenvalue weighted by Crippen LogP contribution is 1.96. The van der Waals surface area contributed by atoms with Crippen LogP contribution in [0.15, 0.2) is 30.3 Å². The lowest BCUT2D eigenvalue weighted by molar-refractivity contribution is 0.240. The summed E-state index contributed by atoms with van der Waals surface area (Å²) in [6, 6.07) is 9.42. The minimum absolute atomic E-state index is 0.100. The van der Waals surface area contributed by atoms with Crippen molar-refractivity contribution in [3.8, 4) is 0 Å². The van der Waals surface area contributed by atoms with E-state index in [1.165, 1.54) is 0 Å². The molecular weight excluding hydrogens is 218 g/mol. The molecule has 6 N–H and O–H groups in total. The molecule has 0 fully saturated rings. The molecule has 6 nitrogen and oxygen atoms in total. The maximum Gasteiger partial charge on any atom is 0.315 e. The zero-order chi connectivity index (χ0) is 12.5. The first-order valence-corrected chi connectivity index (χ1v) is 5.32. The van der Waals surface area contributed by atoms with E-state index in [0.29, 0.717) is 19.6 Å². The van der Waals surface area contributed by atoms with Crippen molar-refractivity contribution in [3.63, 3.8) is 0 Å². The number of carbonyl (C=O) groups is 1. The van der Waals surface area contributed by atoms with E-state index in [4.69, 9.17) is 11.1 Å². The molecule has 0 aliphatic rings. The Bertz CT molecular complexity index is 365. The second-order valence-electron chi connectivity index (χ2n) is 3.44. The molecule has 0 aliphatic heterocycles. The monoisotopic (exact) mass is 235 g/mol. The molecule has 0 radical (unpaired) electrons. The molecular formula is C11H17N5O. The number of urea groups is 1. The van der Waals surface area contributed by atoms with Gasteiger partial charge >= 0.3 is 6.03 Å². The first-order chi connectivity index (χ1) is 8.18. The second kappa shape index (κ2) is 7.10. The normalized spacial score (nSPS) is 9.41. The van der Waals surface area contributed by atoms with Gasteiger partial charge in [0, 0.05) is 19.6 Å². The standard InChI is InChI=1S/C11H17N5O/c12-10(13)14-6-7-15-11(17)16-8-9-4-2-1-3-5-9/h1-5H,6-8H2,(H4,12,13,14)(H2,15,16,17). The van der Waals surface area contributed by atoms with E-state index in [2.05, 4.69) is 16.0 Å². The van der Waals surface area contributed by atoms with Crippen molar-refractivity contribution in [2.24, 2.45) is 5.73 Å². The Kier molecular flexibility index (Phi) is 5.36. The molecule has 1 aromatic rings. The van der Waals surface area contributed by atoms with E-state index in [1.807, 2.05) is 30.3 Å². The number of carbonyl (C=O) groups excluding carboxylic acids is 1. The van der Waals surface area contributed by atoms with Gasteiger partial charge in [0.2, 0.25) is 0 Å². The van der Waals surface area contributed by atoms with Crippen LogP contribution in [0, 0.1) is 5.41 Å². The summed E-state index contributed by atoms with van der Waals surface area (Å²) in [5, 5.41) is 14.9. The van der Waals surface area contributed by atoms with Gasteiger partial charge in [-0.15, -0.1) is 0 Å². The Hall–Kier alpha value is -2.24. The number of amides is 2. The third-order valence-corrected chi connectivity index (χ3v) is 2.02. The SMILES string of the molecule is N=C(N)NCCNC(=O)NCc1ccccc1. The highest BCUT2D eigenvalue weighted by atomic mass is 16.2. The van der Waals surface area contributed by atoms with Gasteiger partial charge in [-0.05, 0) is 5.56 Å². The fourth-order valence-corrected chi connectivity index (χ4v) is 1.21. The smallest absolute Gasteiger partial charge is 0.315 e. The van der Waals surface area contributed by atoms with E-state index in [1.54, 1.807) is 0 Å². The molecule has 0 bridgehead atoms. The topological polar surface area (TPSA) is 103 Å². The molecule has 0 heterocycles. The predicted molar refractivity (Wildman–Crippen MR) is 66.6 cm³/mol. The molecule has 0 aromatic heterocycles. The maximum atomic E-state index is 11.3. The van der Waals surface area contributed by atoms with Crippen LogP contribution in [-0.2, 0) is 6.54 Å². The number of rotatable bonds is 5. The highest BCUT2D eigenvalue weighted by molar-refractivity contribution is 5.75. The fourth-order valence-electron chi connectivity index (χ4n) is 1.21. The van der Waals surface area contributed by atoms with Gasteiger partial charge in [0.25, 0.3) is 0 Å². The largest absolute Gasteiger partial charge is 0.370 e. The summed E-state index contributed by atoms with van der Waals surface area (Å²) in [4.78, 5) is 11.3. The average Bonchev–Trinajstić information content (AvgIpc) is 2.33. The number of hydrogen-bond donors (Lipinski definition) is 5. The van der Waals surface area contributed by atoms with Crippen molar-refractivity contribution in [1.29, 1.82) is 5.41 Å². The van der Waals surface area contributed by atoms with Gasteiger partial charge in [0.1, 0.15) is 0 Å². The van der Waals surface area contributed by atoms with E-state index >= 15 is 0 Å². The molecule has 2 amide bonds. The van der Waals surface area contributed by atoms with Crippen LogP contribution >= 0.6 is 0 Å². The van der Waals surface area contributed by atoms with Gasteiger partial charge in [-0.2, -0.15) is 0 Å².